The number of primary amides is 1. The van der Waals surface area contributed by atoms with Gasteiger partial charge in [0.25, 0.3) is 5.91 Å². The minimum absolute atomic E-state index is 0.366. The van der Waals surface area contributed by atoms with E-state index in [9.17, 15) is 4.79 Å². The Morgan fingerprint density at radius 2 is 1.56 bits per heavy atom. The number of amides is 1. The molecule has 0 saturated heterocycles. The maximum Gasteiger partial charge on any atom is 0.251 e. The summed E-state index contributed by atoms with van der Waals surface area (Å²) in [5, 5.41) is 0. The highest BCUT2D eigenvalue weighted by molar-refractivity contribution is 6.02. The summed E-state index contributed by atoms with van der Waals surface area (Å²) in [6.07, 6.45) is 0.919. The molecule has 3 nitrogen and oxygen atoms in total. The first kappa shape index (κ1) is 17.0. The summed E-state index contributed by atoms with van der Waals surface area (Å²) in [5.41, 5.74) is 12.9. The highest BCUT2D eigenvalue weighted by Gasteiger charge is 2.22. The average molecular weight is 332 g/mol. The third-order valence-electron chi connectivity index (χ3n) is 4.84. The van der Waals surface area contributed by atoms with Crippen molar-refractivity contribution in [2.45, 2.75) is 33.7 Å². The van der Waals surface area contributed by atoms with Crippen molar-refractivity contribution >= 4 is 5.91 Å². The zero-order chi connectivity index (χ0) is 18.0. The molecular formula is C22H24N2O. The van der Waals surface area contributed by atoms with E-state index in [1.807, 2.05) is 13.0 Å². The second-order valence-electron chi connectivity index (χ2n) is 6.54. The first-order chi connectivity index (χ1) is 12.0. The molecule has 128 valence electrons. The molecule has 0 saturated carbocycles. The van der Waals surface area contributed by atoms with Crippen molar-refractivity contribution in [1.82, 2.24) is 4.57 Å². The summed E-state index contributed by atoms with van der Waals surface area (Å²) in [7, 11) is 0. The Morgan fingerprint density at radius 3 is 2.16 bits per heavy atom. The maximum absolute atomic E-state index is 12.1. The predicted molar refractivity (Wildman–Crippen MR) is 103 cm³/mol. The number of aromatic nitrogens is 1. The maximum atomic E-state index is 12.1. The third kappa shape index (κ3) is 3.36. The molecule has 0 unspecified atom stereocenters. The van der Waals surface area contributed by atoms with Crippen LogP contribution in [0.4, 0.5) is 0 Å². The SMILES string of the molecule is Cc1ccc(-c2c(C(N)=O)c(C)n(CCc3ccccc3)c2C)cc1. The number of hydrogen-bond donors (Lipinski definition) is 1. The predicted octanol–water partition coefficient (Wildman–Crippen LogP) is 4.42. The van der Waals surface area contributed by atoms with Crippen molar-refractivity contribution in [3.05, 3.63) is 82.7 Å². The van der Waals surface area contributed by atoms with Crippen LogP contribution in [-0.2, 0) is 13.0 Å². The molecule has 2 aromatic carbocycles. The second kappa shape index (κ2) is 6.98. The summed E-state index contributed by atoms with van der Waals surface area (Å²) in [5.74, 6) is -0.366. The zero-order valence-electron chi connectivity index (χ0n) is 15.0. The number of nitrogens with two attached hydrogens (primary N) is 1. The lowest BCUT2D eigenvalue weighted by Gasteiger charge is -2.10. The van der Waals surface area contributed by atoms with Crippen LogP contribution in [0.25, 0.3) is 11.1 Å². The monoisotopic (exact) mass is 332 g/mol. The fraction of sp³-hybridized carbons (Fsp3) is 0.227. The van der Waals surface area contributed by atoms with Crippen LogP contribution in [0.2, 0.25) is 0 Å². The average Bonchev–Trinajstić information content (AvgIpc) is 2.85. The van der Waals surface area contributed by atoms with E-state index in [4.69, 9.17) is 5.73 Å². The molecule has 0 aliphatic carbocycles. The Morgan fingerprint density at radius 1 is 0.920 bits per heavy atom. The molecule has 1 aromatic heterocycles. The first-order valence-electron chi connectivity index (χ1n) is 8.59. The van der Waals surface area contributed by atoms with Gasteiger partial charge in [-0.3, -0.25) is 4.79 Å². The normalized spacial score (nSPS) is 10.8. The first-order valence-corrected chi connectivity index (χ1v) is 8.59. The largest absolute Gasteiger partial charge is 0.366 e. The topological polar surface area (TPSA) is 48.0 Å². The van der Waals surface area contributed by atoms with Gasteiger partial charge in [0.05, 0.1) is 5.56 Å². The molecule has 3 heteroatoms. The summed E-state index contributed by atoms with van der Waals surface area (Å²) < 4.78 is 2.21. The molecule has 2 N–H and O–H groups in total. The Balaban J connectivity index is 2.03. The van der Waals surface area contributed by atoms with Gasteiger partial charge in [0.1, 0.15) is 0 Å². The van der Waals surface area contributed by atoms with E-state index in [-0.39, 0.29) is 5.91 Å². The number of carbonyl (C=O) groups is 1. The standard InChI is InChI=1S/C22H24N2O/c1-15-9-11-19(12-10-15)20-16(2)24(17(3)21(20)22(23)25)14-13-18-7-5-4-6-8-18/h4-12H,13-14H2,1-3H3,(H2,23,25). The van der Waals surface area contributed by atoms with Crippen molar-refractivity contribution in [3.8, 4) is 11.1 Å². The van der Waals surface area contributed by atoms with Crippen molar-refractivity contribution in [2.24, 2.45) is 5.73 Å². The summed E-state index contributed by atoms with van der Waals surface area (Å²) in [4.78, 5) is 12.1. The molecular weight excluding hydrogens is 308 g/mol. The van der Waals surface area contributed by atoms with Gasteiger partial charge < -0.3 is 10.3 Å². The summed E-state index contributed by atoms with van der Waals surface area (Å²) in [6.45, 7) is 6.94. The van der Waals surface area contributed by atoms with Gasteiger partial charge in [-0.15, -0.1) is 0 Å². The van der Waals surface area contributed by atoms with Gasteiger partial charge in [0.15, 0.2) is 0 Å². The molecule has 1 heterocycles. The van der Waals surface area contributed by atoms with Gasteiger partial charge in [0, 0.05) is 23.5 Å². The Hall–Kier alpha value is -2.81. The fourth-order valence-electron chi connectivity index (χ4n) is 3.48. The van der Waals surface area contributed by atoms with Gasteiger partial charge in [-0.25, -0.2) is 0 Å². The van der Waals surface area contributed by atoms with Crippen LogP contribution in [0.5, 0.6) is 0 Å². The Labute approximate surface area is 149 Å². The number of carbonyl (C=O) groups excluding carboxylic acids is 1. The fourth-order valence-corrected chi connectivity index (χ4v) is 3.48. The molecule has 0 spiro atoms. The van der Waals surface area contributed by atoms with Crippen LogP contribution >= 0.6 is 0 Å². The lowest BCUT2D eigenvalue weighted by molar-refractivity contribution is 0.1000. The van der Waals surface area contributed by atoms with Crippen molar-refractivity contribution in [1.29, 1.82) is 0 Å². The van der Waals surface area contributed by atoms with Crippen LogP contribution in [0.1, 0.15) is 32.9 Å². The van der Waals surface area contributed by atoms with Crippen LogP contribution in [0.3, 0.4) is 0 Å². The molecule has 0 aliphatic rings. The van der Waals surface area contributed by atoms with E-state index >= 15 is 0 Å². The van der Waals surface area contributed by atoms with Gasteiger partial charge in [0.2, 0.25) is 0 Å². The number of hydrogen-bond acceptors (Lipinski definition) is 1. The minimum Gasteiger partial charge on any atom is -0.366 e. The second-order valence-corrected chi connectivity index (χ2v) is 6.54. The molecule has 0 atom stereocenters. The lowest BCUT2D eigenvalue weighted by Crippen LogP contribution is -2.13. The van der Waals surface area contributed by atoms with Crippen molar-refractivity contribution < 1.29 is 4.79 Å². The highest BCUT2D eigenvalue weighted by Crippen LogP contribution is 2.32. The van der Waals surface area contributed by atoms with E-state index in [1.54, 1.807) is 0 Å². The number of rotatable bonds is 5. The molecule has 0 aliphatic heterocycles. The van der Waals surface area contributed by atoms with E-state index in [0.29, 0.717) is 5.56 Å². The molecule has 3 aromatic rings. The molecule has 25 heavy (non-hydrogen) atoms. The van der Waals surface area contributed by atoms with E-state index in [0.717, 1.165) is 35.5 Å². The number of nitrogens with zero attached hydrogens (tertiary/aromatic N) is 1. The van der Waals surface area contributed by atoms with Crippen LogP contribution < -0.4 is 5.73 Å². The smallest absolute Gasteiger partial charge is 0.251 e. The lowest BCUT2D eigenvalue weighted by atomic mass is 9.99. The Bertz CT molecular complexity index is 890. The van der Waals surface area contributed by atoms with Crippen LogP contribution in [0, 0.1) is 20.8 Å². The molecule has 1 amide bonds. The molecule has 0 fully saturated rings. The molecule has 3 rings (SSSR count). The highest BCUT2D eigenvalue weighted by atomic mass is 16.1. The van der Waals surface area contributed by atoms with Crippen LogP contribution in [0.15, 0.2) is 54.6 Å². The van der Waals surface area contributed by atoms with Gasteiger partial charge in [-0.2, -0.15) is 0 Å². The van der Waals surface area contributed by atoms with Gasteiger partial charge in [-0.1, -0.05) is 60.2 Å². The third-order valence-corrected chi connectivity index (χ3v) is 4.84. The Kier molecular flexibility index (Phi) is 4.75. The van der Waals surface area contributed by atoms with E-state index in [1.165, 1.54) is 11.1 Å². The summed E-state index contributed by atoms with van der Waals surface area (Å²) in [6, 6.07) is 18.6. The van der Waals surface area contributed by atoms with Gasteiger partial charge >= 0.3 is 0 Å². The number of benzene rings is 2. The summed E-state index contributed by atoms with van der Waals surface area (Å²) >= 11 is 0. The van der Waals surface area contributed by atoms with Crippen LogP contribution in [-0.4, -0.2) is 10.5 Å². The van der Waals surface area contributed by atoms with Crippen molar-refractivity contribution in [3.63, 3.8) is 0 Å². The zero-order valence-corrected chi connectivity index (χ0v) is 15.0. The van der Waals surface area contributed by atoms with E-state index in [2.05, 4.69) is 66.9 Å². The molecule has 0 bridgehead atoms. The molecule has 0 radical (unpaired) electrons. The van der Waals surface area contributed by atoms with Crippen molar-refractivity contribution in [2.75, 3.05) is 0 Å². The van der Waals surface area contributed by atoms with E-state index < -0.39 is 0 Å². The minimum atomic E-state index is -0.366. The quantitative estimate of drug-likeness (QED) is 0.738. The number of aryl methyl sites for hydroxylation is 2. The van der Waals surface area contributed by atoms with Gasteiger partial charge in [-0.05, 0) is 38.3 Å².